The third-order valence-electron chi connectivity index (χ3n) is 3.19. The van der Waals surface area contributed by atoms with Crippen molar-refractivity contribution in [3.8, 4) is 10.7 Å². The Hall–Kier alpha value is -1.96. The lowest BCUT2D eigenvalue weighted by molar-refractivity contribution is -0.129. The van der Waals surface area contributed by atoms with Gasteiger partial charge in [-0.15, -0.1) is 10.2 Å². The van der Waals surface area contributed by atoms with Crippen LogP contribution < -0.4 is 5.32 Å². The zero-order chi connectivity index (χ0) is 14.1. The molecule has 1 fully saturated rings. The first-order valence-electron chi connectivity index (χ1n) is 6.43. The summed E-state index contributed by atoms with van der Waals surface area (Å²) in [5, 5.41) is 16.6. The van der Waals surface area contributed by atoms with Gasteiger partial charge in [-0.3, -0.25) is 4.79 Å². The van der Waals surface area contributed by atoms with Gasteiger partial charge in [-0.2, -0.15) is 0 Å². The van der Waals surface area contributed by atoms with Crippen LogP contribution in [0.5, 0.6) is 0 Å². The maximum Gasteiger partial charge on any atom is 0.225 e. The van der Waals surface area contributed by atoms with Crippen molar-refractivity contribution in [1.82, 2.24) is 20.3 Å². The van der Waals surface area contributed by atoms with Crippen LogP contribution in [0.3, 0.4) is 0 Å². The first-order valence-corrected chi connectivity index (χ1v) is 7.25. The Morgan fingerprint density at radius 3 is 3.00 bits per heavy atom. The van der Waals surface area contributed by atoms with Crippen molar-refractivity contribution in [2.75, 3.05) is 11.9 Å². The molecule has 1 amide bonds. The van der Waals surface area contributed by atoms with Crippen LogP contribution in [0.1, 0.15) is 20.3 Å². The zero-order valence-corrected chi connectivity index (χ0v) is 12.1. The number of rotatable bonds is 4. The highest BCUT2D eigenvalue weighted by molar-refractivity contribution is 7.18. The van der Waals surface area contributed by atoms with Crippen molar-refractivity contribution in [1.29, 1.82) is 0 Å². The highest BCUT2D eigenvalue weighted by Gasteiger charge is 2.31. The Morgan fingerprint density at radius 1 is 1.50 bits per heavy atom. The van der Waals surface area contributed by atoms with Gasteiger partial charge in [-0.1, -0.05) is 16.5 Å². The maximum absolute atomic E-state index is 11.8. The van der Waals surface area contributed by atoms with Crippen LogP contribution >= 0.6 is 11.3 Å². The van der Waals surface area contributed by atoms with Gasteiger partial charge >= 0.3 is 0 Å². The molecule has 3 heterocycles. The summed E-state index contributed by atoms with van der Waals surface area (Å²) in [6, 6.07) is 2.06. The van der Waals surface area contributed by atoms with Crippen molar-refractivity contribution in [2.24, 2.45) is 0 Å². The quantitative estimate of drug-likeness (QED) is 0.922. The topological polar surface area (TPSA) is 84.2 Å². The van der Waals surface area contributed by atoms with Gasteiger partial charge in [0.1, 0.15) is 12.0 Å². The molecule has 0 spiro atoms. The number of carbonyl (C=O) groups is 1. The largest absolute Gasteiger partial charge is 0.364 e. The molecule has 0 aromatic carbocycles. The summed E-state index contributed by atoms with van der Waals surface area (Å²) in [5.41, 5.74) is 0.668. The number of nitrogens with one attached hydrogen (secondary N) is 1. The number of hydrogen-bond donors (Lipinski definition) is 1. The molecule has 0 bridgehead atoms. The third kappa shape index (κ3) is 2.51. The molecule has 0 unspecified atom stereocenters. The molecule has 0 saturated carbocycles. The SMILES string of the molecule is CC(C)N1C[C@@H](Nc2nnc(-c3ccon3)s2)CC1=O. The highest BCUT2D eigenvalue weighted by atomic mass is 32.1. The van der Waals surface area contributed by atoms with E-state index in [4.69, 9.17) is 4.52 Å². The van der Waals surface area contributed by atoms with Gasteiger partial charge in [-0.05, 0) is 13.8 Å². The second kappa shape index (κ2) is 5.20. The van der Waals surface area contributed by atoms with E-state index in [-0.39, 0.29) is 18.0 Å². The summed E-state index contributed by atoms with van der Waals surface area (Å²) in [6.45, 7) is 4.75. The molecule has 2 aromatic rings. The average Bonchev–Trinajstić information content (AvgIpc) is 3.09. The second-order valence-corrected chi connectivity index (χ2v) is 5.96. The average molecular weight is 293 g/mol. The molecule has 1 aliphatic rings. The lowest BCUT2D eigenvalue weighted by atomic mass is 10.3. The van der Waals surface area contributed by atoms with Crippen molar-refractivity contribution in [2.45, 2.75) is 32.4 Å². The molecule has 0 radical (unpaired) electrons. The summed E-state index contributed by atoms with van der Waals surface area (Å²) in [6.07, 6.45) is 2.00. The number of anilines is 1. The first-order chi connectivity index (χ1) is 9.63. The predicted octanol–water partition coefficient (Wildman–Crippen LogP) is 1.61. The number of likely N-dealkylation sites (tertiary alicyclic amines) is 1. The van der Waals surface area contributed by atoms with Crippen LogP contribution in [0, 0.1) is 0 Å². The van der Waals surface area contributed by atoms with Crippen molar-refractivity contribution >= 4 is 22.4 Å². The number of nitrogens with zero attached hydrogens (tertiary/aromatic N) is 4. The van der Waals surface area contributed by atoms with E-state index in [1.807, 2.05) is 18.7 Å². The Kier molecular flexibility index (Phi) is 3.39. The fourth-order valence-corrected chi connectivity index (χ4v) is 2.99. The van der Waals surface area contributed by atoms with E-state index in [1.54, 1.807) is 6.07 Å². The van der Waals surface area contributed by atoms with Crippen LogP contribution in [0.2, 0.25) is 0 Å². The molecule has 106 valence electrons. The van der Waals surface area contributed by atoms with Gasteiger partial charge in [0.25, 0.3) is 0 Å². The third-order valence-corrected chi connectivity index (χ3v) is 4.07. The molecule has 1 saturated heterocycles. The van der Waals surface area contributed by atoms with E-state index in [0.717, 1.165) is 0 Å². The summed E-state index contributed by atoms with van der Waals surface area (Å²) in [7, 11) is 0. The zero-order valence-electron chi connectivity index (χ0n) is 11.2. The predicted molar refractivity (Wildman–Crippen MR) is 74.3 cm³/mol. The van der Waals surface area contributed by atoms with Gasteiger partial charge in [-0.25, -0.2) is 0 Å². The van der Waals surface area contributed by atoms with Crippen molar-refractivity contribution in [3.05, 3.63) is 12.3 Å². The van der Waals surface area contributed by atoms with E-state index in [9.17, 15) is 4.79 Å². The maximum atomic E-state index is 11.8. The van der Waals surface area contributed by atoms with Crippen LogP contribution in [0.25, 0.3) is 10.7 Å². The molecule has 1 N–H and O–H groups in total. The molecule has 1 atom stereocenters. The summed E-state index contributed by atoms with van der Waals surface area (Å²) in [4.78, 5) is 13.7. The summed E-state index contributed by atoms with van der Waals surface area (Å²) < 4.78 is 4.78. The van der Waals surface area contributed by atoms with Crippen molar-refractivity contribution < 1.29 is 9.32 Å². The lowest BCUT2D eigenvalue weighted by Crippen LogP contribution is -2.33. The van der Waals surface area contributed by atoms with Crippen LogP contribution in [-0.2, 0) is 4.79 Å². The summed E-state index contributed by atoms with van der Waals surface area (Å²) >= 11 is 1.40. The van der Waals surface area contributed by atoms with E-state index >= 15 is 0 Å². The van der Waals surface area contributed by atoms with E-state index in [1.165, 1.54) is 17.6 Å². The first kappa shape index (κ1) is 13.0. The Morgan fingerprint density at radius 2 is 2.35 bits per heavy atom. The normalized spacial score (nSPS) is 19.1. The fourth-order valence-electron chi connectivity index (χ4n) is 2.21. The van der Waals surface area contributed by atoms with Crippen LogP contribution in [0.15, 0.2) is 16.9 Å². The monoisotopic (exact) mass is 293 g/mol. The van der Waals surface area contributed by atoms with E-state index in [2.05, 4.69) is 20.7 Å². The van der Waals surface area contributed by atoms with Gasteiger partial charge in [0, 0.05) is 25.1 Å². The number of amides is 1. The van der Waals surface area contributed by atoms with Crippen molar-refractivity contribution in [3.63, 3.8) is 0 Å². The van der Waals surface area contributed by atoms with Gasteiger partial charge in [0.2, 0.25) is 11.0 Å². The molecule has 1 aliphatic heterocycles. The fraction of sp³-hybridized carbons (Fsp3) is 0.500. The molecule has 20 heavy (non-hydrogen) atoms. The second-order valence-electron chi connectivity index (χ2n) is 4.98. The lowest BCUT2D eigenvalue weighted by Gasteiger charge is -2.20. The highest BCUT2D eigenvalue weighted by Crippen LogP contribution is 2.26. The number of carbonyl (C=O) groups excluding carboxylic acids is 1. The Bertz CT molecular complexity index is 595. The Balaban J connectivity index is 1.66. The van der Waals surface area contributed by atoms with Crippen LogP contribution in [-0.4, -0.2) is 44.8 Å². The molecule has 2 aromatic heterocycles. The van der Waals surface area contributed by atoms with Gasteiger partial charge in [0.05, 0.1) is 6.04 Å². The number of hydrogen-bond acceptors (Lipinski definition) is 7. The minimum Gasteiger partial charge on any atom is -0.364 e. The minimum absolute atomic E-state index is 0.0861. The molecular formula is C12H15N5O2S. The van der Waals surface area contributed by atoms with Crippen LogP contribution in [0.4, 0.5) is 5.13 Å². The van der Waals surface area contributed by atoms with Gasteiger partial charge < -0.3 is 14.7 Å². The molecule has 7 nitrogen and oxygen atoms in total. The number of aromatic nitrogens is 3. The smallest absolute Gasteiger partial charge is 0.225 e. The minimum atomic E-state index is 0.0861. The van der Waals surface area contributed by atoms with Gasteiger partial charge in [0.15, 0.2) is 5.01 Å². The van der Waals surface area contributed by atoms with E-state index < -0.39 is 0 Å². The molecule has 8 heteroatoms. The van der Waals surface area contributed by atoms with E-state index in [0.29, 0.717) is 28.8 Å². The molecule has 0 aliphatic carbocycles. The molecular weight excluding hydrogens is 278 g/mol. The standard InChI is InChI=1S/C12H15N5O2S/c1-7(2)17-6-8(5-10(17)18)13-12-15-14-11(20-12)9-3-4-19-16-9/h3-4,7-8H,5-6H2,1-2H3,(H,13,15)/t8-/m0/s1. The summed E-state index contributed by atoms with van der Waals surface area (Å²) in [5.74, 6) is 0.179. The Labute approximate surface area is 120 Å². The molecule has 3 rings (SSSR count).